The Morgan fingerprint density at radius 3 is 2.63 bits per heavy atom. The molecule has 0 fully saturated rings. The van der Waals surface area contributed by atoms with Crippen molar-refractivity contribution in [2.45, 2.75) is 20.4 Å². The summed E-state index contributed by atoms with van der Waals surface area (Å²) in [5, 5.41) is 0. The Labute approximate surface area is 115 Å². The average molecular weight is 267 g/mol. The van der Waals surface area contributed by atoms with Gasteiger partial charge in [-0.1, -0.05) is 13.8 Å². The van der Waals surface area contributed by atoms with E-state index in [0.29, 0.717) is 19.6 Å². The molecule has 0 atom stereocenters. The molecule has 0 aliphatic heterocycles. The summed E-state index contributed by atoms with van der Waals surface area (Å²) >= 11 is 0. The molecule has 5 heteroatoms. The third-order valence-electron chi connectivity index (χ3n) is 3.05. The first kappa shape index (κ1) is 15.7. The molecular formula is C14H25N3O2. The lowest BCUT2D eigenvalue weighted by atomic mass is 9.93. The molecule has 1 rings (SSSR count). The summed E-state index contributed by atoms with van der Waals surface area (Å²) in [6, 6.07) is 3.69. The predicted octanol–water partition coefficient (Wildman–Crippen LogP) is 1.15. The highest BCUT2D eigenvalue weighted by Gasteiger charge is 2.20. The van der Waals surface area contributed by atoms with Gasteiger partial charge in [-0.15, -0.1) is 0 Å². The van der Waals surface area contributed by atoms with E-state index in [9.17, 15) is 4.79 Å². The second kappa shape index (κ2) is 6.73. The summed E-state index contributed by atoms with van der Waals surface area (Å²) < 4.78 is 5.23. The van der Waals surface area contributed by atoms with E-state index in [0.717, 1.165) is 12.3 Å². The molecule has 0 saturated carbocycles. The highest BCUT2D eigenvalue weighted by molar-refractivity contribution is 5.77. The summed E-state index contributed by atoms with van der Waals surface area (Å²) in [7, 11) is 3.73. The SMILES string of the molecule is CN(CC(=O)N(C)Cc1ccco1)CC(C)(C)CN. The number of furan rings is 1. The van der Waals surface area contributed by atoms with Gasteiger partial charge in [-0.05, 0) is 31.1 Å². The van der Waals surface area contributed by atoms with Crippen molar-refractivity contribution in [2.75, 3.05) is 33.7 Å². The average Bonchev–Trinajstić information content (AvgIpc) is 2.80. The van der Waals surface area contributed by atoms with E-state index in [1.165, 1.54) is 0 Å². The van der Waals surface area contributed by atoms with Crippen LogP contribution in [0.4, 0.5) is 0 Å². The molecule has 1 aromatic heterocycles. The molecule has 1 amide bonds. The van der Waals surface area contributed by atoms with Crippen LogP contribution in [-0.2, 0) is 11.3 Å². The fourth-order valence-corrected chi connectivity index (χ4v) is 1.93. The van der Waals surface area contributed by atoms with Gasteiger partial charge in [0.25, 0.3) is 0 Å². The Kier molecular flexibility index (Phi) is 5.57. The van der Waals surface area contributed by atoms with Crippen LogP contribution in [0.5, 0.6) is 0 Å². The van der Waals surface area contributed by atoms with Gasteiger partial charge >= 0.3 is 0 Å². The van der Waals surface area contributed by atoms with E-state index in [4.69, 9.17) is 10.2 Å². The first-order valence-electron chi connectivity index (χ1n) is 6.49. The smallest absolute Gasteiger partial charge is 0.236 e. The van der Waals surface area contributed by atoms with E-state index in [-0.39, 0.29) is 11.3 Å². The van der Waals surface area contributed by atoms with Gasteiger partial charge in [-0.2, -0.15) is 0 Å². The molecule has 0 saturated heterocycles. The Morgan fingerprint density at radius 2 is 2.11 bits per heavy atom. The van der Waals surface area contributed by atoms with Crippen molar-refractivity contribution >= 4 is 5.91 Å². The molecule has 5 nitrogen and oxygen atoms in total. The zero-order chi connectivity index (χ0) is 14.5. The van der Waals surface area contributed by atoms with Crippen LogP contribution in [0, 0.1) is 5.41 Å². The van der Waals surface area contributed by atoms with Crippen molar-refractivity contribution in [3.63, 3.8) is 0 Å². The van der Waals surface area contributed by atoms with Crippen LogP contribution in [0.2, 0.25) is 0 Å². The van der Waals surface area contributed by atoms with E-state index in [1.54, 1.807) is 18.2 Å². The van der Waals surface area contributed by atoms with Crippen molar-refractivity contribution < 1.29 is 9.21 Å². The first-order chi connectivity index (χ1) is 8.84. The molecule has 1 aromatic rings. The van der Waals surface area contributed by atoms with E-state index >= 15 is 0 Å². The first-order valence-corrected chi connectivity index (χ1v) is 6.49. The molecule has 1 heterocycles. The summed E-state index contributed by atoms with van der Waals surface area (Å²) in [6.45, 7) is 6.49. The molecule has 0 aliphatic rings. The quantitative estimate of drug-likeness (QED) is 0.805. The Hall–Kier alpha value is -1.33. The predicted molar refractivity (Wildman–Crippen MR) is 75.5 cm³/mol. The van der Waals surface area contributed by atoms with Crippen molar-refractivity contribution in [3.05, 3.63) is 24.2 Å². The maximum absolute atomic E-state index is 12.1. The second-order valence-electron chi connectivity index (χ2n) is 5.87. The number of carbonyl (C=O) groups excluding carboxylic acids is 1. The molecule has 0 aliphatic carbocycles. The van der Waals surface area contributed by atoms with E-state index in [2.05, 4.69) is 13.8 Å². The van der Waals surface area contributed by atoms with E-state index in [1.807, 2.05) is 24.1 Å². The lowest BCUT2D eigenvalue weighted by Crippen LogP contribution is -2.42. The molecule has 0 aromatic carbocycles. The highest BCUT2D eigenvalue weighted by Crippen LogP contribution is 2.13. The minimum Gasteiger partial charge on any atom is -0.467 e. The number of hydrogen-bond acceptors (Lipinski definition) is 4. The second-order valence-corrected chi connectivity index (χ2v) is 5.87. The van der Waals surface area contributed by atoms with Gasteiger partial charge in [-0.3, -0.25) is 9.69 Å². The Morgan fingerprint density at radius 1 is 1.42 bits per heavy atom. The van der Waals surface area contributed by atoms with Gasteiger partial charge < -0.3 is 15.1 Å². The van der Waals surface area contributed by atoms with Crippen LogP contribution in [0.1, 0.15) is 19.6 Å². The van der Waals surface area contributed by atoms with Crippen LogP contribution in [0.3, 0.4) is 0 Å². The topological polar surface area (TPSA) is 62.7 Å². The largest absolute Gasteiger partial charge is 0.467 e. The van der Waals surface area contributed by atoms with Crippen molar-refractivity contribution in [1.29, 1.82) is 0 Å². The Bertz CT molecular complexity index is 387. The van der Waals surface area contributed by atoms with Gasteiger partial charge in [0.15, 0.2) is 0 Å². The van der Waals surface area contributed by atoms with Gasteiger partial charge in [-0.25, -0.2) is 0 Å². The lowest BCUT2D eigenvalue weighted by molar-refractivity contribution is -0.131. The maximum Gasteiger partial charge on any atom is 0.236 e. The summed E-state index contributed by atoms with van der Waals surface area (Å²) in [5.41, 5.74) is 5.72. The molecule has 0 unspecified atom stereocenters. The van der Waals surface area contributed by atoms with Gasteiger partial charge in [0.05, 0.1) is 19.4 Å². The van der Waals surface area contributed by atoms with Gasteiger partial charge in [0.2, 0.25) is 5.91 Å². The lowest BCUT2D eigenvalue weighted by Gasteiger charge is -2.29. The van der Waals surface area contributed by atoms with Crippen LogP contribution in [0.25, 0.3) is 0 Å². The number of amides is 1. The number of nitrogens with two attached hydrogens (primary N) is 1. The number of rotatable bonds is 7. The van der Waals surface area contributed by atoms with Crippen LogP contribution in [0.15, 0.2) is 22.8 Å². The third kappa shape index (κ3) is 5.44. The molecular weight excluding hydrogens is 242 g/mol. The maximum atomic E-state index is 12.1. The zero-order valence-corrected chi connectivity index (χ0v) is 12.3. The van der Waals surface area contributed by atoms with Crippen molar-refractivity contribution in [3.8, 4) is 0 Å². The summed E-state index contributed by atoms with van der Waals surface area (Å²) in [4.78, 5) is 15.7. The van der Waals surface area contributed by atoms with Crippen LogP contribution in [-0.4, -0.2) is 49.4 Å². The molecule has 108 valence electrons. The Balaban J connectivity index is 2.41. The standard InChI is InChI=1S/C14H25N3O2/c1-14(2,10-15)11-16(3)9-13(18)17(4)8-12-6-5-7-19-12/h5-7H,8-11,15H2,1-4H3. The van der Waals surface area contributed by atoms with Crippen molar-refractivity contribution in [2.24, 2.45) is 11.1 Å². The van der Waals surface area contributed by atoms with Gasteiger partial charge in [0.1, 0.15) is 5.76 Å². The fourth-order valence-electron chi connectivity index (χ4n) is 1.93. The van der Waals surface area contributed by atoms with Crippen molar-refractivity contribution in [1.82, 2.24) is 9.80 Å². The molecule has 0 spiro atoms. The summed E-state index contributed by atoms with van der Waals surface area (Å²) in [5.74, 6) is 0.868. The summed E-state index contributed by atoms with van der Waals surface area (Å²) in [6.07, 6.45) is 1.61. The molecule has 0 bridgehead atoms. The minimum absolute atomic E-state index is 0.0224. The van der Waals surface area contributed by atoms with Gasteiger partial charge in [0, 0.05) is 13.6 Å². The number of carbonyl (C=O) groups is 1. The molecule has 2 N–H and O–H groups in total. The highest BCUT2D eigenvalue weighted by atomic mass is 16.3. The number of hydrogen-bond donors (Lipinski definition) is 1. The fraction of sp³-hybridized carbons (Fsp3) is 0.643. The monoisotopic (exact) mass is 267 g/mol. The number of likely N-dealkylation sites (N-methyl/N-ethyl adjacent to an activating group) is 2. The third-order valence-corrected chi connectivity index (χ3v) is 3.05. The molecule has 0 radical (unpaired) electrons. The number of nitrogens with zero attached hydrogens (tertiary/aromatic N) is 2. The minimum atomic E-state index is 0.0224. The van der Waals surface area contributed by atoms with Crippen LogP contribution < -0.4 is 5.73 Å². The normalized spacial score (nSPS) is 11.9. The zero-order valence-electron chi connectivity index (χ0n) is 12.3. The van der Waals surface area contributed by atoms with E-state index < -0.39 is 0 Å². The molecule has 19 heavy (non-hydrogen) atoms. The van der Waals surface area contributed by atoms with Crippen LogP contribution >= 0.6 is 0 Å².